The molecule has 2 aliphatic heterocycles. The van der Waals surface area contributed by atoms with Gasteiger partial charge in [-0.3, -0.25) is 0 Å². The van der Waals surface area contributed by atoms with Crippen molar-refractivity contribution in [3.05, 3.63) is 24.3 Å². The minimum absolute atomic E-state index is 0. The molecule has 1 atom stereocenters. The van der Waals surface area contributed by atoms with Gasteiger partial charge in [-0.1, -0.05) is 6.07 Å². The molecule has 3 rings (SSSR count). The van der Waals surface area contributed by atoms with Crippen molar-refractivity contribution in [1.82, 2.24) is 14.3 Å². The lowest BCUT2D eigenvalue weighted by Crippen LogP contribution is -2.38. The van der Waals surface area contributed by atoms with E-state index >= 15 is 0 Å². The maximum absolute atomic E-state index is 12.6. The van der Waals surface area contributed by atoms with Crippen LogP contribution in [0.5, 0.6) is 0 Å². The molecule has 2 saturated heterocycles. The van der Waals surface area contributed by atoms with Gasteiger partial charge < -0.3 is 5.32 Å². The normalized spacial score (nSPS) is 22.1. The van der Waals surface area contributed by atoms with Crippen molar-refractivity contribution in [1.29, 1.82) is 0 Å². The maximum Gasteiger partial charge on any atom is 0.243 e. The van der Waals surface area contributed by atoms with Crippen LogP contribution in [-0.2, 0) is 20.0 Å². The fourth-order valence-electron chi connectivity index (χ4n) is 3.29. The van der Waals surface area contributed by atoms with Crippen molar-refractivity contribution in [2.75, 3.05) is 32.7 Å². The smallest absolute Gasteiger partial charge is 0.243 e. The third kappa shape index (κ3) is 4.96. The van der Waals surface area contributed by atoms with Gasteiger partial charge in [0, 0.05) is 19.6 Å². The van der Waals surface area contributed by atoms with Gasteiger partial charge in [0.15, 0.2) is 0 Å². The number of halogens is 1. The van der Waals surface area contributed by atoms with Gasteiger partial charge in [-0.15, -0.1) is 12.4 Å². The second kappa shape index (κ2) is 8.99. The topological polar surface area (TPSA) is 95.6 Å². The summed E-state index contributed by atoms with van der Waals surface area (Å²) in [7, 11) is -7.35. The Morgan fingerprint density at radius 1 is 1.08 bits per heavy atom. The van der Waals surface area contributed by atoms with Crippen LogP contribution in [0, 0.1) is 5.92 Å². The molecule has 7 nitrogen and oxygen atoms in total. The van der Waals surface area contributed by atoms with Crippen molar-refractivity contribution in [2.45, 2.75) is 35.5 Å². The minimum atomic E-state index is -3.73. The fourth-order valence-corrected chi connectivity index (χ4v) is 6.09. The second-order valence-electron chi connectivity index (χ2n) is 6.65. The first kappa shape index (κ1) is 21.6. The van der Waals surface area contributed by atoms with E-state index in [2.05, 4.69) is 10.0 Å². The summed E-state index contributed by atoms with van der Waals surface area (Å²) in [5, 5.41) is 3.25. The first-order valence-electron chi connectivity index (χ1n) is 8.70. The van der Waals surface area contributed by atoms with Crippen molar-refractivity contribution < 1.29 is 16.8 Å². The Morgan fingerprint density at radius 3 is 2.42 bits per heavy atom. The van der Waals surface area contributed by atoms with Gasteiger partial charge in [-0.05, 0) is 62.9 Å². The van der Waals surface area contributed by atoms with E-state index in [0.717, 1.165) is 38.8 Å². The Kier molecular flexibility index (Phi) is 7.46. The van der Waals surface area contributed by atoms with Crippen LogP contribution in [-0.4, -0.2) is 53.9 Å². The summed E-state index contributed by atoms with van der Waals surface area (Å²) in [5.41, 5.74) is 0. The third-order valence-electron chi connectivity index (χ3n) is 4.78. The van der Waals surface area contributed by atoms with E-state index in [4.69, 9.17) is 0 Å². The lowest BCUT2D eigenvalue weighted by atomic mass is 10.0. The highest BCUT2D eigenvalue weighted by atomic mass is 35.5. The number of sulfonamides is 2. The van der Waals surface area contributed by atoms with Crippen LogP contribution in [0.1, 0.15) is 25.7 Å². The fraction of sp³-hybridized carbons (Fsp3) is 0.625. The molecule has 2 N–H and O–H groups in total. The number of nitrogens with zero attached hydrogens (tertiary/aromatic N) is 1. The minimum Gasteiger partial charge on any atom is -0.316 e. The Bertz CT molecular complexity index is 803. The van der Waals surface area contributed by atoms with Crippen LogP contribution < -0.4 is 10.0 Å². The number of rotatable bonds is 6. The van der Waals surface area contributed by atoms with Crippen LogP contribution in [0.3, 0.4) is 0 Å². The van der Waals surface area contributed by atoms with Gasteiger partial charge in [0.25, 0.3) is 0 Å². The summed E-state index contributed by atoms with van der Waals surface area (Å²) in [6.07, 6.45) is 3.71. The van der Waals surface area contributed by atoms with Gasteiger partial charge in [0.1, 0.15) is 0 Å². The zero-order chi connectivity index (χ0) is 17.9. The first-order valence-corrected chi connectivity index (χ1v) is 11.6. The van der Waals surface area contributed by atoms with Gasteiger partial charge in [-0.25, -0.2) is 21.6 Å². The van der Waals surface area contributed by atoms with Crippen LogP contribution in [0.25, 0.3) is 0 Å². The first-order chi connectivity index (χ1) is 11.9. The van der Waals surface area contributed by atoms with Crippen molar-refractivity contribution >= 4 is 32.5 Å². The summed E-state index contributed by atoms with van der Waals surface area (Å²) in [6, 6.07) is 5.64. The van der Waals surface area contributed by atoms with E-state index in [0.29, 0.717) is 19.6 Å². The standard InChI is InChI=1S/C16H25N3O4S2.ClH/c20-24(21,18-13-14-5-4-8-17-12-14)15-6-3-7-16(11-15)25(22,23)19-9-1-2-10-19;/h3,6-7,11,14,17-18H,1-2,4-5,8-10,12-13H2;1H. The number of hydrogen-bond donors (Lipinski definition) is 2. The molecule has 0 aromatic heterocycles. The average Bonchev–Trinajstić information content (AvgIpc) is 3.17. The summed E-state index contributed by atoms with van der Waals surface area (Å²) < 4.78 is 54.3. The molecule has 26 heavy (non-hydrogen) atoms. The molecule has 0 spiro atoms. The summed E-state index contributed by atoms with van der Waals surface area (Å²) >= 11 is 0. The molecule has 0 saturated carbocycles. The predicted molar refractivity (Wildman–Crippen MR) is 102 cm³/mol. The number of piperidine rings is 1. The molecule has 0 aliphatic carbocycles. The van der Waals surface area contributed by atoms with Gasteiger partial charge in [-0.2, -0.15) is 4.31 Å². The largest absolute Gasteiger partial charge is 0.316 e. The van der Waals surface area contributed by atoms with Gasteiger partial charge >= 0.3 is 0 Å². The number of benzene rings is 1. The average molecular weight is 424 g/mol. The highest BCUT2D eigenvalue weighted by molar-refractivity contribution is 7.90. The van der Waals surface area contributed by atoms with E-state index in [1.165, 1.54) is 28.6 Å². The lowest BCUT2D eigenvalue weighted by Gasteiger charge is -2.23. The van der Waals surface area contributed by atoms with Crippen LogP contribution >= 0.6 is 12.4 Å². The Balaban J connectivity index is 0.00000243. The molecule has 0 amide bonds. The highest BCUT2D eigenvalue weighted by Gasteiger charge is 2.28. The lowest BCUT2D eigenvalue weighted by molar-refractivity contribution is 0.376. The van der Waals surface area contributed by atoms with Crippen molar-refractivity contribution in [3.63, 3.8) is 0 Å². The maximum atomic E-state index is 12.6. The molecule has 2 fully saturated rings. The molecule has 10 heteroatoms. The summed E-state index contributed by atoms with van der Waals surface area (Å²) in [5.74, 6) is 0.264. The van der Waals surface area contributed by atoms with E-state index in [-0.39, 0.29) is 28.1 Å². The number of hydrogen-bond acceptors (Lipinski definition) is 5. The molecule has 2 heterocycles. The molecular formula is C16H26ClN3O4S2. The van der Waals surface area contributed by atoms with Gasteiger partial charge in [0.2, 0.25) is 20.0 Å². The quantitative estimate of drug-likeness (QED) is 0.716. The van der Waals surface area contributed by atoms with E-state index in [1.54, 1.807) is 0 Å². The van der Waals surface area contributed by atoms with E-state index in [1.807, 2.05) is 0 Å². The van der Waals surface area contributed by atoms with Gasteiger partial charge in [0.05, 0.1) is 9.79 Å². The SMILES string of the molecule is Cl.O=S(=O)(NCC1CCCNC1)c1cccc(S(=O)(=O)N2CCCC2)c1. The molecule has 148 valence electrons. The van der Waals surface area contributed by atoms with Crippen molar-refractivity contribution in [3.8, 4) is 0 Å². The third-order valence-corrected chi connectivity index (χ3v) is 8.10. The molecule has 0 radical (unpaired) electrons. The van der Waals surface area contributed by atoms with Crippen LogP contribution in [0.15, 0.2) is 34.1 Å². The second-order valence-corrected chi connectivity index (χ2v) is 10.4. The summed E-state index contributed by atoms with van der Waals surface area (Å²) in [6.45, 7) is 3.11. The Hall–Kier alpha value is -0.710. The molecule has 0 bridgehead atoms. The number of nitrogens with one attached hydrogen (secondary N) is 2. The van der Waals surface area contributed by atoms with Crippen LogP contribution in [0.4, 0.5) is 0 Å². The molecule has 1 aromatic carbocycles. The molecule has 1 unspecified atom stereocenters. The Morgan fingerprint density at radius 2 is 1.77 bits per heavy atom. The highest BCUT2D eigenvalue weighted by Crippen LogP contribution is 2.23. The van der Waals surface area contributed by atoms with Crippen LogP contribution in [0.2, 0.25) is 0 Å². The predicted octanol–water partition coefficient (Wildman–Crippen LogP) is 1.17. The van der Waals surface area contributed by atoms with E-state index < -0.39 is 20.0 Å². The Labute approximate surface area is 162 Å². The van der Waals surface area contributed by atoms with E-state index in [9.17, 15) is 16.8 Å². The molecule has 1 aromatic rings. The van der Waals surface area contributed by atoms with Crippen molar-refractivity contribution in [2.24, 2.45) is 5.92 Å². The zero-order valence-electron chi connectivity index (χ0n) is 14.6. The molecular weight excluding hydrogens is 398 g/mol. The molecule has 2 aliphatic rings. The zero-order valence-corrected chi connectivity index (χ0v) is 17.0. The monoisotopic (exact) mass is 423 g/mol. The summed E-state index contributed by atoms with van der Waals surface area (Å²) in [4.78, 5) is 0.0353.